The van der Waals surface area contributed by atoms with Gasteiger partial charge in [0.25, 0.3) is 10.0 Å². The first-order valence-electron chi connectivity index (χ1n) is 8.01. The first-order valence-corrected chi connectivity index (χ1v) is 11.3. The topological polar surface area (TPSA) is 83.6 Å². The van der Waals surface area contributed by atoms with Gasteiger partial charge in [0, 0.05) is 13.1 Å². The van der Waals surface area contributed by atoms with Crippen molar-refractivity contribution in [3.63, 3.8) is 0 Å². The summed E-state index contributed by atoms with van der Waals surface area (Å²) in [6, 6.07) is 10.4. The van der Waals surface area contributed by atoms with Crippen LogP contribution in [0.3, 0.4) is 0 Å². The van der Waals surface area contributed by atoms with Crippen LogP contribution in [0.1, 0.15) is 19.4 Å². The van der Waals surface area contributed by atoms with Gasteiger partial charge in [0.2, 0.25) is 10.0 Å². The molecule has 9 heteroatoms. The molecule has 0 spiro atoms. The highest BCUT2D eigenvalue weighted by atomic mass is 35.5. The number of rotatable bonds is 7. The Labute approximate surface area is 159 Å². The normalized spacial score (nSPS) is 12.3. The summed E-state index contributed by atoms with van der Waals surface area (Å²) in [7, 11) is -7.65. The van der Waals surface area contributed by atoms with E-state index < -0.39 is 20.0 Å². The van der Waals surface area contributed by atoms with Gasteiger partial charge in [-0.3, -0.25) is 4.72 Å². The van der Waals surface area contributed by atoms with Gasteiger partial charge in [0.15, 0.2) is 0 Å². The molecule has 0 heterocycles. The van der Waals surface area contributed by atoms with Crippen molar-refractivity contribution in [2.24, 2.45) is 0 Å². The predicted molar refractivity (Wildman–Crippen MR) is 104 cm³/mol. The van der Waals surface area contributed by atoms with Gasteiger partial charge in [-0.25, -0.2) is 16.8 Å². The van der Waals surface area contributed by atoms with Gasteiger partial charge < -0.3 is 0 Å². The Balaban J connectivity index is 2.48. The average Bonchev–Trinajstić information content (AvgIpc) is 2.57. The summed E-state index contributed by atoms with van der Waals surface area (Å²) in [5, 5.41) is 0.0876. The Morgan fingerprint density at radius 2 is 1.62 bits per heavy atom. The molecule has 0 aliphatic rings. The largest absolute Gasteiger partial charge is 0.279 e. The quantitative estimate of drug-likeness (QED) is 0.748. The molecule has 0 bridgehead atoms. The lowest BCUT2D eigenvalue weighted by molar-refractivity contribution is 0.445. The molecule has 2 aromatic rings. The summed E-state index contributed by atoms with van der Waals surface area (Å²) in [5.41, 5.74) is 0.789. The van der Waals surface area contributed by atoms with E-state index in [1.165, 1.54) is 28.6 Å². The maximum Gasteiger partial charge on any atom is 0.263 e. The number of nitrogens with one attached hydrogen (secondary N) is 1. The van der Waals surface area contributed by atoms with Crippen LogP contribution in [0, 0.1) is 6.92 Å². The lowest BCUT2D eigenvalue weighted by Crippen LogP contribution is -2.30. The summed E-state index contributed by atoms with van der Waals surface area (Å²) in [6.07, 6.45) is 0. The Bertz CT molecular complexity index is 1000. The Hall–Kier alpha value is -1.61. The van der Waals surface area contributed by atoms with Gasteiger partial charge in [-0.1, -0.05) is 43.6 Å². The molecule has 0 saturated heterocycles. The van der Waals surface area contributed by atoms with Crippen LogP contribution in [-0.4, -0.2) is 34.2 Å². The van der Waals surface area contributed by atoms with Crippen LogP contribution >= 0.6 is 11.6 Å². The van der Waals surface area contributed by atoms with Gasteiger partial charge in [0.05, 0.1) is 15.6 Å². The Morgan fingerprint density at radius 3 is 2.19 bits per heavy atom. The van der Waals surface area contributed by atoms with Crippen molar-refractivity contribution < 1.29 is 16.8 Å². The van der Waals surface area contributed by atoms with E-state index in [-0.39, 0.29) is 20.5 Å². The number of nitrogens with zero attached hydrogens (tertiary/aromatic N) is 1. The highest BCUT2D eigenvalue weighted by Gasteiger charge is 2.24. The molecule has 142 valence electrons. The van der Waals surface area contributed by atoms with Gasteiger partial charge in [-0.2, -0.15) is 4.31 Å². The van der Waals surface area contributed by atoms with Crippen LogP contribution in [0.2, 0.25) is 5.02 Å². The average molecular weight is 417 g/mol. The summed E-state index contributed by atoms with van der Waals surface area (Å²) in [4.78, 5) is -0.0401. The number of anilines is 1. The first-order chi connectivity index (χ1) is 12.1. The van der Waals surface area contributed by atoms with E-state index in [1.807, 2.05) is 0 Å². The van der Waals surface area contributed by atoms with Gasteiger partial charge >= 0.3 is 0 Å². The van der Waals surface area contributed by atoms with E-state index in [9.17, 15) is 16.8 Å². The number of benzene rings is 2. The van der Waals surface area contributed by atoms with Gasteiger partial charge in [-0.15, -0.1) is 0 Å². The van der Waals surface area contributed by atoms with Crippen molar-refractivity contribution in [2.75, 3.05) is 17.8 Å². The molecule has 2 aromatic carbocycles. The van der Waals surface area contributed by atoms with Gasteiger partial charge in [-0.05, 0) is 36.8 Å². The van der Waals surface area contributed by atoms with E-state index >= 15 is 0 Å². The fourth-order valence-corrected chi connectivity index (χ4v) is 5.57. The molecule has 0 atom stereocenters. The van der Waals surface area contributed by atoms with E-state index in [0.29, 0.717) is 18.7 Å². The summed E-state index contributed by atoms with van der Waals surface area (Å²) in [6.45, 7) is 5.84. The van der Waals surface area contributed by atoms with E-state index in [0.717, 1.165) is 0 Å². The zero-order valence-electron chi connectivity index (χ0n) is 14.7. The smallest absolute Gasteiger partial charge is 0.263 e. The molecule has 26 heavy (non-hydrogen) atoms. The Morgan fingerprint density at radius 1 is 1.00 bits per heavy atom. The van der Waals surface area contributed by atoms with E-state index in [1.54, 1.807) is 39.0 Å². The zero-order valence-corrected chi connectivity index (χ0v) is 17.1. The lowest BCUT2D eigenvalue weighted by atomic mass is 10.2. The summed E-state index contributed by atoms with van der Waals surface area (Å²) >= 11 is 5.98. The number of halogens is 1. The third-order valence-corrected chi connectivity index (χ3v) is 7.83. The SMILES string of the molecule is CCN(CC)S(=O)(=O)c1ccc(C)c(NS(=O)(=O)c2ccccc2Cl)c1. The minimum atomic E-state index is -3.95. The highest BCUT2D eigenvalue weighted by Crippen LogP contribution is 2.27. The molecule has 2 rings (SSSR count). The number of aryl methyl sites for hydroxylation is 1. The third kappa shape index (κ3) is 4.20. The molecule has 0 saturated carbocycles. The second-order valence-electron chi connectivity index (χ2n) is 5.60. The minimum Gasteiger partial charge on any atom is -0.279 e. The van der Waals surface area contributed by atoms with Crippen molar-refractivity contribution >= 4 is 37.3 Å². The molecular weight excluding hydrogens is 396 g/mol. The maximum absolute atomic E-state index is 12.7. The first kappa shape index (κ1) is 20.7. The van der Waals surface area contributed by atoms with Crippen LogP contribution in [0.25, 0.3) is 0 Å². The fraction of sp³-hybridized carbons (Fsp3) is 0.294. The zero-order chi connectivity index (χ0) is 19.5. The number of hydrogen-bond acceptors (Lipinski definition) is 4. The number of sulfonamides is 2. The lowest BCUT2D eigenvalue weighted by Gasteiger charge is -2.19. The standard InChI is InChI=1S/C17H21ClN2O4S2/c1-4-20(5-2)26(23,24)14-11-10-13(3)16(12-14)19-25(21,22)17-9-7-6-8-15(17)18/h6-12,19H,4-5H2,1-3H3. The molecular formula is C17H21ClN2O4S2. The van der Waals surface area contributed by atoms with Crippen LogP contribution in [0.15, 0.2) is 52.3 Å². The molecule has 0 aliphatic heterocycles. The molecule has 6 nitrogen and oxygen atoms in total. The predicted octanol–water partition coefficient (Wildman–Crippen LogP) is 3.48. The second-order valence-corrected chi connectivity index (χ2v) is 9.60. The molecule has 0 unspecified atom stereocenters. The van der Waals surface area contributed by atoms with Crippen molar-refractivity contribution in [2.45, 2.75) is 30.6 Å². The molecule has 0 fully saturated rings. The second kappa shape index (κ2) is 7.96. The summed E-state index contributed by atoms with van der Waals surface area (Å²) < 4.78 is 54.3. The van der Waals surface area contributed by atoms with Crippen molar-refractivity contribution in [1.29, 1.82) is 0 Å². The van der Waals surface area contributed by atoms with Crippen LogP contribution in [0.4, 0.5) is 5.69 Å². The molecule has 0 aliphatic carbocycles. The highest BCUT2D eigenvalue weighted by molar-refractivity contribution is 7.93. The molecule has 1 N–H and O–H groups in total. The molecule has 0 aromatic heterocycles. The Kier molecular flexibility index (Phi) is 6.33. The van der Waals surface area contributed by atoms with Crippen LogP contribution in [0.5, 0.6) is 0 Å². The van der Waals surface area contributed by atoms with Crippen molar-refractivity contribution in [1.82, 2.24) is 4.31 Å². The van der Waals surface area contributed by atoms with Gasteiger partial charge in [0.1, 0.15) is 4.90 Å². The molecule has 0 radical (unpaired) electrons. The van der Waals surface area contributed by atoms with Crippen molar-refractivity contribution in [3.05, 3.63) is 53.1 Å². The minimum absolute atomic E-state index is 0.0312. The van der Waals surface area contributed by atoms with Crippen LogP contribution in [-0.2, 0) is 20.0 Å². The monoisotopic (exact) mass is 416 g/mol. The van der Waals surface area contributed by atoms with Crippen LogP contribution < -0.4 is 4.72 Å². The number of hydrogen-bond donors (Lipinski definition) is 1. The maximum atomic E-state index is 12.7. The summed E-state index contributed by atoms with van der Waals surface area (Å²) in [5.74, 6) is 0. The van der Waals surface area contributed by atoms with Crippen molar-refractivity contribution in [3.8, 4) is 0 Å². The van der Waals surface area contributed by atoms with E-state index in [2.05, 4.69) is 4.72 Å². The third-order valence-electron chi connectivity index (χ3n) is 3.92. The molecule has 0 amide bonds. The fourth-order valence-electron chi connectivity index (χ4n) is 2.45. The van der Waals surface area contributed by atoms with E-state index in [4.69, 9.17) is 11.6 Å².